The molecular weight excluding hydrogens is 452 g/mol. The minimum atomic E-state index is -0.133. The van der Waals surface area contributed by atoms with Crippen LogP contribution in [-0.4, -0.2) is 64.6 Å². The molecule has 0 radical (unpaired) electrons. The highest BCUT2D eigenvalue weighted by Crippen LogP contribution is 2.22. The number of piperidine rings is 2. The number of aromatic nitrogens is 3. The quantitative estimate of drug-likeness (QED) is 0.551. The Morgan fingerprint density at radius 3 is 2.53 bits per heavy atom. The predicted octanol–water partition coefficient (Wildman–Crippen LogP) is 2.97. The van der Waals surface area contributed by atoms with Crippen molar-refractivity contribution in [1.82, 2.24) is 24.8 Å². The number of fused-ring (bicyclic) bond motifs is 1. The van der Waals surface area contributed by atoms with E-state index < -0.39 is 0 Å². The Morgan fingerprint density at radius 1 is 1.03 bits per heavy atom. The number of likely N-dealkylation sites (tertiary alicyclic amines) is 1. The van der Waals surface area contributed by atoms with Crippen LogP contribution in [0.25, 0.3) is 11.2 Å². The molecule has 2 aliphatic rings. The van der Waals surface area contributed by atoms with Crippen molar-refractivity contribution in [3.63, 3.8) is 0 Å². The summed E-state index contributed by atoms with van der Waals surface area (Å²) in [5.41, 5.74) is 3.40. The minimum Gasteiger partial charge on any atom is -0.355 e. The van der Waals surface area contributed by atoms with Crippen LogP contribution >= 0.6 is 0 Å². The molecule has 1 amide bonds. The fraction of sp³-hybridized carbons (Fsp3) is 0.500. The van der Waals surface area contributed by atoms with Crippen molar-refractivity contribution in [3.05, 3.63) is 64.1 Å². The van der Waals surface area contributed by atoms with Crippen molar-refractivity contribution in [2.45, 2.75) is 45.6 Å². The number of hydrogen-bond donors (Lipinski definition) is 1. The molecule has 3 aromatic rings. The minimum absolute atomic E-state index is 0.0143. The summed E-state index contributed by atoms with van der Waals surface area (Å²) in [5, 5.41) is 3.14. The summed E-state index contributed by atoms with van der Waals surface area (Å²) in [6.07, 6.45) is 6.99. The third-order valence-corrected chi connectivity index (χ3v) is 7.49. The molecule has 8 heteroatoms. The second-order valence-corrected chi connectivity index (χ2v) is 10.1. The zero-order chi connectivity index (χ0) is 24.9. The van der Waals surface area contributed by atoms with Crippen LogP contribution in [0.1, 0.15) is 43.2 Å². The molecule has 2 aromatic heterocycles. The van der Waals surface area contributed by atoms with E-state index in [0.29, 0.717) is 43.2 Å². The number of carbonyl (C=O) groups excluding carboxylic acids is 1. The number of aryl methyl sites for hydroxylation is 1. The SMILES string of the molecule is Cc1ccc(Cn2c(=O)c(N3CCC(C(=O)NCCN4CCCCC4)CC3)nc3cccnc32)cc1. The van der Waals surface area contributed by atoms with Gasteiger partial charge in [0, 0.05) is 38.3 Å². The number of benzene rings is 1. The van der Waals surface area contributed by atoms with Crippen molar-refractivity contribution < 1.29 is 4.79 Å². The molecule has 2 fully saturated rings. The zero-order valence-electron chi connectivity index (χ0n) is 21.2. The molecule has 4 heterocycles. The Kier molecular flexibility index (Phi) is 7.60. The molecule has 2 aliphatic heterocycles. The highest BCUT2D eigenvalue weighted by atomic mass is 16.2. The van der Waals surface area contributed by atoms with Gasteiger partial charge in [-0.1, -0.05) is 36.2 Å². The summed E-state index contributed by atoms with van der Waals surface area (Å²) in [4.78, 5) is 40.0. The highest BCUT2D eigenvalue weighted by Gasteiger charge is 2.28. The summed E-state index contributed by atoms with van der Waals surface area (Å²) < 4.78 is 1.72. The molecule has 1 N–H and O–H groups in total. The van der Waals surface area contributed by atoms with Crippen LogP contribution in [0.5, 0.6) is 0 Å². The number of carbonyl (C=O) groups is 1. The standard InChI is InChI=1S/C28H36N6O2/c1-21-7-9-22(10-8-21)20-34-25-24(6-5-13-29-25)31-26(28(34)36)33-17-11-23(12-18-33)27(35)30-14-19-32-15-3-2-4-16-32/h5-10,13,23H,2-4,11-12,14-20H2,1H3,(H,30,35). The Hall–Kier alpha value is -3.26. The predicted molar refractivity (Wildman–Crippen MR) is 142 cm³/mol. The van der Waals surface area contributed by atoms with E-state index in [1.165, 1.54) is 24.8 Å². The number of pyridine rings is 1. The van der Waals surface area contributed by atoms with Crippen molar-refractivity contribution in [3.8, 4) is 0 Å². The van der Waals surface area contributed by atoms with Gasteiger partial charge < -0.3 is 15.1 Å². The fourth-order valence-electron chi connectivity index (χ4n) is 5.31. The molecule has 1 aromatic carbocycles. The van der Waals surface area contributed by atoms with Crippen molar-refractivity contribution in [2.24, 2.45) is 5.92 Å². The van der Waals surface area contributed by atoms with E-state index in [1.54, 1.807) is 10.8 Å². The van der Waals surface area contributed by atoms with Gasteiger partial charge in [0.05, 0.1) is 6.54 Å². The lowest BCUT2D eigenvalue weighted by Crippen LogP contribution is -2.45. The molecule has 190 valence electrons. The summed E-state index contributed by atoms with van der Waals surface area (Å²) in [5.74, 6) is 0.574. The maximum Gasteiger partial charge on any atom is 0.295 e. The van der Waals surface area contributed by atoms with E-state index in [2.05, 4.69) is 34.3 Å². The van der Waals surface area contributed by atoms with Gasteiger partial charge in [0.2, 0.25) is 5.91 Å². The number of nitrogens with zero attached hydrogens (tertiary/aromatic N) is 5. The molecule has 0 spiro atoms. The van der Waals surface area contributed by atoms with Crippen molar-refractivity contribution >= 4 is 22.9 Å². The molecule has 0 aliphatic carbocycles. The Morgan fingerprint density at radius 2 is 1.78 bits per heavy atom. The molecule has 5 rings (SSSR count). The molecule has 8 nitrogen and oxygen atoms in total. The normalized spacial score (nSPS) is 17.4. The van der Waals surface area contributed by atoms with Gasteiger partial charge in [-0.15, -0.1) is 0 Å². The molecule has 0 unspecified atom stereocenters. The van der Waals surface area contributed by atoms with E-state index >= 15 is 0 Å². The van der Waals surface area contributed by atoms with E-state index in [9.17, 15) is 9.59 Å². The fourth-order valence-corrected chi connectivity index (χ4v) is 5.31. The zero-order valence-corrected chi connectivity index (χ0v) is 21.2. The maximum atomic E-state index is 13.6. The Balaban J connectivity index is 1.26. The Labute approximate surface area is 212 Å². The lowest BCUT2D eigenvalue weighted by Gasteiger charge is -2.32. The highest BCUT2D eigenvalue weighted by molar-refractivity contribution is 5.79. The van der Waals surface area contributed by atoms with E-state index in [-0.39, 0.29) is 17.4 Å². The summed E-state index contributed by atoms with van der Waals surface area (Å²) in [6, 6.07) is 12.0. The third-order valence-electron chi connectivity index (χ3n) is 7.49. The first-order valence-corrected chi connectivity index (χ1v) is 13.2. The lowest BCUT2D eigenvalue weighted by molar-refractivity contribution is -0.125. The Bertz CT molecular complexity index is 1240. The summed E-state index contributed by atoms with van der Waals surface area (Å²) in [6.45, 7) is 7.70. The van der Waals surface area contributed by atoms with Gasteiger partial charge in [-0.2, -0.15) is 0 Å². The first-order chi connectivity index (χ1) is 17.6. The van der Waals surface area contributed by atoms with Crippen LogP contribution in [0, 0.1) is 12.8 Å². The van der Waals surface area contributed by atoms with E-state index in [1.807, 2.05) is 29.2 Å². The summed E-state index contributed by atoms with van der Waals surface area (Å²) >= 11 is 0. The first kappa shape index (κ1) is 24.4. The first-order valence-electron chi connectivity index (χ1n) is 13.2. The van der Waals surface area contributed by atoms with Crippen LogP contribution in [0.15, 0.2) is 47.4 Å². The number of nitrogens with one attached hydrogen (secondary N) is 1. The molecule has 36 heavy (non-hydrogen) atoms. The van der Waals surface area contributed by atoms with Gasteiger partial charge in [0.25, 0.3) is 5.56 Å². The molecule has 0 atom stereocenters. The summed E-state index contributed by atoms with van der Waals surface area (Å²) in [7, 11) is 0. The average molecular weight is 489 g/mol. The van der Waals surface area contributed by atoms with E-state index in [4.69, 9.17) is 4.98 Å². The van der Waals surface area contributed by atoms with Crippen LogP contribution in [0.2, 0.25) is 0 Å². The smallest absolute Gasteiger partial charge is 0.295 e. The molecular formula is C28H36N6O2. The number of rotatable bonds is 7. The van der Waals surface area contributed by atoms with Gasteiger partial charge in [-0.25, -0.2) is 9.97 Å². The van der Waals surface area contributed by atoms with Crippen molar-refractivity contribution in [1.29, 1.82) is 0 Å². The van der Waals surface area contributed by atoms with Gasteiger partial charge in [0.15, 0.2) is 11.5 Å². The molecule has 0 bridgehead atoms. The topological polar surface area (TPSA) is 83.4 Å². The van der Waals surface area contributed by atoms with Gasteiger partial charge >= 0.3 is 0 Å². The third kappa shape index (κ3) is 5.59. The lowest BCUT2D eigenvalue weighted by atomic mass is 9.96. The monoisotopic (exact) mass is 488 g/mol. The van der Waals surface area contributed by atoms with Crippen LogP contribution in [0.4, 0.5) is 5.82 Å². The molecule has 0 saturated carbocycles. The van der Waals surface area contributed by atoms with Crippen LogP contribution in [-0.2, 0) is 11.3 Å². The second kappa shape index (κ2) is 11.2. The maximum absolute atomic E-state index is 13.6. The van der Waals surface area contributed by atoms with Crippen LogP contribution < -0.4 is 15.8 Å². The van der Waals surface area contributed by atoms with Gasteiger partial charge in [-0.3, -0.25) is 14.2 Å². The van der Waals surface area contributed by atoms with E-state index in [0.717, 1.165) is 38.0 Å². The number of hydrogen-bond acceptors (Lipinski definition) is 6. The number of anilines is 1. The van der Waals surface area contributed by atoms with Gasteiger partial charge in [0.1, 0.15) is 5.52 Å². The van der Waals surface area contributed by atoms with Gasteiger partial charge in [-0.05, 0) is 63.4 Å². The molecule has 2 saturated heterocycles. The number of amides is 1. The van der Waals surface area contributed by atoms with Crippen molar-refractivity contribution in [2.75, 3.05) is 44.2 Å². The van der Waals surface area contributed by atoms with Crippen LogP contribution in [0.3, 0.4) is 0 Å². The second-order valence-electron chi connectivity index (χ2n) is 10.1. The average Bonchev–Trinajstić information content (AvgIpc) is 2.92. The largest absolute Gasteiger partial charge is 0.355 e.